The van der Waals surface area contributed by atoms with E-state index in [9.17, 15) is 13.2 Å². The lowest BCUT2D eigenvalue weighted by Gasteiger charge is -2.19. The van der Waals surface area contributed by atoms with Gasteiger partial charge in [0.15, 0.2) is 11.5 Å². The maximum atomic E-state index is 12.6. The Morgan fingerprint density at radius 3 is 2.45 bits per heavy atom. The number of hydrogen-bond acceptors (Lipinski definition) is 6. The summed E-state index contributed by atoms with van der Waals surface area (Å²) < 4.78 is 44.0. The first-order valence-corrected chi connectivity index (χ1v) is 11.9. The highest BCUT2D eigenvalue weighted by molar-refractivity contribution is 7.92. The monoisotopic (exact) mass is 468 g/mol. The molecule has 8 nitrogen and oxygen atoms in total. The van der Waals surface area contributed by atoms with Gasteiger partial charge >= 0.3 is 0 Å². The number of ether oxygens (including phenoxy) is 3. The van der Waals surface area contributed by atoms with Crippen LogP contribution in [0.25, 0.3) is 0 Å². The van der Waals surface area contributed by atoms with E-state index >= 15 is 0 Å². The minimum atomic E-state index is -3.74. The maximum Gasteiger partial charge on any atom is 0.261 e. The normalized spacial score (nSPS) is 12.6. The quantitative estimate of drug-likeness (QED) is 0.521. The van der Waals surface area contributed by atoms with Crippen LogP contribution in [0.5, 0.6) is 17.2 Å². The number of nitrogens with one attached hydrogen (secondary N) is 2. The number of carbonyl (C=O) groups excluding carboxylic acids is 1. The van der Waals surface area contributed by atoms with Gasteiger partial charge in [-0.15, -0.1) is 0 Å². The molecule has 4 rings (SSSR count). The average molecular weight is 469 g/mol. The summed E-state index contributed by atoms with van der Waals surface area (Å²) in [5, 5.41) is 2.84. The lowest BCUT2D eigenvalue weighted by molar-refractivity contribution is -0.116. The van der Waals surface area contributed by atoms with Crippen molar-refractivity contribution < 1.29 is 27.4 Å². The number of fused-ring (bicyclic) bond motifs is 1. The fourth-order valence-electron chi connectivity index (χ4n) is 3.34. The van der Waals surface area contributed by atoms with Gasteiger partial charge in [0.05, 0.1) is 17.7 Å². The van der Waals surface area contributed by atoms with Crippen molar-refractivity contribution in [3.05, 3.63) is 72.3 Å². The second-order valence-corrected chi connectivity index (χ2v) is 9.07. The number of aryl methyl sites for hydroxylation is 1. The summed E-state index contributed by atoms with van der Waals surface area (Å²) in [6, 6.07) is 18.4. The molecular formula is C24H24N2O6S. The van der Waals surface area contributed by atoms with Crippen molar-refractivity contribution in [3.8, 4) is 17.2 Å². The Morgan fingerprint density at radius 1 is 0.939 bits per heavy atom. The Balaban J connectivity index is 1.33. The van der Waals surface area contributed by atoms with E-state index in [0.717, 1.165) is 5.56 Å². The number of rotatable bonds is 8. The number of sulfonamides is 1. The predicted molar refractivity (Wildman–Crippen MR) is 125 cm³/mol. The largest absolute Gasteiger partial charge is 0.497 e. The van der Waals surface area contributed by atoms with Gasteiger partial charge in [-0.2, -0.15) is 0 Å². The van der Waals surface area contributed by atoms with Crippen LogP contribution in [0, 0.1) is 0 Å². The van der Waals surface area contributed by atoms with Crippen molar-refractivity contribution in [3.63, 3.8) is 0 Å². The van der Waals surface area contributed by atoms with Crippen molar-refractivity contribution in [1.29, 1.82) is 0 Å². The van der Waals surface area contributed by atoms with E-state index in [0.29, 0.717) is 48.3 Å². The maximum absolute atomic E-state index is 12.6. The zero-order valence-corrected chi connectivity index (χ0v) is 18.9. The van der Waals surface area contributed by atoms with Crippen molar-refractivity contribution in [1.82, 2.24) is 0 Å². The Morgan fingerprint density at radius 2 is 1.70 bits per heavy atom. The van der Waals surface area contributed by atoms with Crippen molar-refractivity contribution in [2.24, 2.45) is 0 Å². The Hall–Kier alpha value is -3.72. The smallest absolute Gasteiger partial charge is 0.261 e. The van der Waals surface area contributed by atoms with Crippen LogP contribution in [0.2, 0.25) is 0 Å². The van der Waals surface area contributed by atoms with Crippen LogP contribution in [0.15, 0.2) is 71.6 Å². The Kier molecular flexibility index (Phi) is 6.69. The highest BCUT2D eigenvalue weighted by Crippen LogP contribution is 2.32. The third-order valence-corrected chi connectivity index (χ3v) is 6.42. The molecule has 0 fully saturated rings. The van der Waals surface area contributed by atoms with E-state index in [-0.39, 0.29) is 17.2 Å². The van der Waals surface area contributed by atoms with Crippen LogP contribution < -0.4 is 24.2 Å². The summed E-state index contributed by atoms with van der Waals surface area (Å²) in [4.78, 5) is 12.5. The SMILES string of the molecule is COc1cccc(NS(=O)(=O)c2ccc(CCC(=O)Nc3ccc4c(c3)OCCO4)cc2)c1. The second-order valence-electron chi connectivity index (χ2n) is 7.39. The van der Waals surface area contributed by atoms with Crippen LogP contribution in [0.3, 0.4) is 0 Å². The number of anilines is 2. The number of hydrogen-bond donors (Lipinski definition) is 2. The molecule has 0 saturated heterocycles. The number of methoxy groups -OCH3 is 1. The molecule has 0 unspecified atom stereocenters. The van der Waals surface area contributed by atoms with Crippen LogP contribution in [0.4, 0.5) is 11.4 Å². The molecule has 2 N–H and O–H groups in total. The lowest BCUT2D eigenvalue weighted by Crippen LogP contribution is -2.16. The molecule has 0 atom stereocenters. The summed E-state index contributed by atoms with van der Waals surface area (Å²) in [5.74, 6) is 1.68. The van der Waals surface area contributed by atoms with Gasteiger partial charge < -0.3 is 19.5 Å². The molecule has 1 aliphatic rings. The number of carbonyl (C=O) groups is 1. The van der Waals surface area contributed by atoms with Crippen LogP contribution in [0.1, 0.15) is 12.0 Å². The third-order valence-electron chi connectivity index (χ3n) is 5.02. The first kappa shape index (κ1) is 22.5. The fraction of sp³-hybridized carbons (Fsp3) is 0.208. The first-order valence-electron chi connectivity index (χ1n) is 10.4. The molecule has 1 heterocycles. The standard InChI is InChI=1S/C24H24N2O6S/c1-30-20-4-2-3-19(15-20)26-33(28,29)21-9-5-17(6-10-21)7-12-24(27)25-18-8-11-22-23(16-18)32-14-13-31-22/h2-6,8-11,15-16,26H,7,12-14H2,1H3,(H,25,27). The topological polar surface area (TPSA) is 103 Å². The molecule has 0 bridgehead atoms. The van der Waals surface area contributed by atoms with Gasteiger partial charge in [0.25, 0.3) is 10.0 Å². The van der Waals surface area contributed by atoms with Crippen molar-refractivity contribution in [2.45, 2.75) is 17.7 Å². The first-order chi connectivity index (χ1) is 15.9. The van der Waals surface area contributed by atoms with E-state index in [1.165, 1.54) is 19.2 Å². The Bertz CT molecular complexity index is 1240. The van der Waals surface area contributed by atoms with E-state index < -0.39 is 10.0 Å². The van der Waals surface area contributed by atoms with Gasteiger partial charge in [0, 0.05) is 24.2 Å². The highest BCUT2D eigenvalue weighted by Gasteiger charge is 2.15. The highest BCUT2D eigenvalue weighted by atomic mass is 32.2. The molecule has 1 amide bonds. The summed E-state index contributed by atoms with van der Waals surface area (Å²) in [6.07, 6.45) is 0.725. The molecule has 3 aromatic carbocycles. The molecule has 9 heteroatoms. The number of benzene rings is 3. The molecular weight excluding hydrogens is 444 g/mol. The Labute approximate surface area is 192 Å². The summed E-state index contributed by atoms with van der Waals surface area (Å²) in [6.45, 7) is 0.987. The molecule has 0 spiro atoms. The molecule has 33 heavy (non-hydrogen) atoms. The minimum absolute atomic E-state index is 0.134. The average Bonchev–Trinajstić information content (AvgIpc) is 2.83. The molecule has 172 valence electrons. The van der Waals surface area contributed by atoms with Crippen LogP contribution >= 0.6 is 0 Å². The van der Waals surface area contributed by atoms with E-state index in [2.05, 4.69) is 10.0 Å². The van der Waals surface area contributed by atoms with E-state index in [4.69, 9.17) is 14.2 Å². The molecule has 3 aromatic rings. The van der Waals surface area contributed by atoms with Gasteiger partial charge in [-0.25, -0.2) is 8.42 Å². The van der Waals surface area contributed by atoms with Crippen LogP contribution in [-0.4, -0.2) is 34.6 Å². The summed E-state index contributed by atoms with van der Waals surface area (Å²) in [7, 11) is -2.22. The second kappa shape index (κ2) is 9.83. The predicted octanol–water partition coefficient (Wildman–Crippen LogP) is 3.84. The van der Waals surface area contributed by atoms with E-state index in [1.54, 1.807) is 54.6 Å². The summed E-state index contributed by atoms with van der Waals surface area (Å²) >= 11 is 0. The molecule has 0 aromatic heterocycles. The van der Waals surface area contributed by atoms with Gasteiger partial charge in [-0.05, 0) is 48.4 Å². The molecule has 0 aliphatic carbocycles. The third kappa shape index (κ3) is 5.75. The van der Waals surface area contributed by atoms with Gasteiger partial charge in [0.2, 0.25) is 5.91 Å². The lowest BCUT2D eigenvalue weighted by atomic mass is 10.1. The van der Waals surface area contributed by atoms with Gasteiger partial charge in [-0.3, -0.25) is 9.52 Å². The minimum Gasteiger partial charge on any atom is -0.497 e. The zero-order chi connectivity index (χ0) is 23.3. The van der Waals surface area contributed by atoms with Crippen molar-refractivity contribution >= 4 is 27.3 Å². The number of amides is 1. The summed E-state index contributed by atoms with van der Waals surface area (Å²) in [5.41, 5.74) is 1.90. The van der Waals surface area contributed by atoms with Gasteiger partial charge in [0.1, 0.15) is 19.0 Å². The zero-order valence-electron chi connectivity index (χ0n) is 18.0. The van der Waals surface area contributed by atoms with Crippen LogP contribution in [-0.2, 0) is 21.2 Å². The molecule has 0 radical (unpaired) electrons. The van der Waals surface area contributed by atoms with Crippen molar-refractivity contribution in [2.75, 3.05) is 30.4 Å². The van der Waals surface area contributed by atoms with Gasteiger partial charge in [-0.1, -0.05) is 18.2 Å². The molecule has 0 saturated carbocycles. The molecule has 1 aliphatic heterocycles. The fourth-order valence-corrected chi connectivity index (χ4v) is 4.39. The van der Waals surface area contributed by atoms with E-state index in [1.807, 2.05) is 0 Å².